The molecular weight excluding hydrogens is 294 g/mol. The number of hydrogen-bond donors (Lipinski definition) is 3. The van der Waals surface area contributed by atoms with E-state index in [1.165, 1.54) is 12.1 Å². The molecule has 2 rings (SSSR count). The van der Waals surface area contributed by atoms with Crippen LogP contribution in [0.4, 0.5) is 0 Å². The Labute approximate surface area is 121 Å². The van der Waals surface area contributed by atoms with Crippen molar-refractivity contribution in [1.29, 1.82) is 0 Å². The highest BCUT2D eigenvalue weighted by Crippen LogP contribution is 2.14. The van der Waals surface area contributed by atoms with Crippen molar-refractivity contribution in [3.8, 4) is 11.8 Å². The second-order valence-electron chi connectivity index (χ2n) is 4.10. The number of H-pyrrole nitrogens is 1. The standard InChI is InChI=1S/C12H13N5O3S/c1-9(12-13-16-17-14-12)15-21(19,20)11-6-2-4-10(8-11)5-3-7-18/h2,4,6,8-9,15,18H,7H2,1H3,(H,13,14,16,17). The summed E-state index contributed by atoms with van der Waals surface area (Å²) in [5.41, 5.74) is 0.499. The van der Waals surface area contributed by atoms with Gasteiger partial charge in [0, 0.05) is 5.56 Å². The fraction of sp³-hybridized carbons (Fsp3) is 0.250. The minimum absolute atomic E-state index is 0.0718. The molecule has 0 amide bonds. The quantitative estimate of drug-likeness (QED) is 0.660. The molecule has 1 atom stereocenters. The first-order chi connectivity index (χ1) is 10.0. The molecule has 0 aliphatic carbocycles. The van der Waals surface area contributed by atoms with E-state index in [1.54, 1.807) is 19.1 Å². The molecule has 0 fully saturated rings. The molecule has 0 bridgehead atoms. The van der Waals surface area contributed by atoms with E-state index in [1.807, 2.05) is 0 Å². The second-order valence-corrected chi connectivity index (χ2v) is 5.81. The van der Waals surface area contributed by atoms with E-state index in [0.717, 1.165) is 0 Å². The maximum Gasteiger partial charge on any atom is 0.241 e. The minimum atomic E-state index is -3.74. The lowest BCUT2D eigenvalue weighted by molar-refractivity contribution is 0.350. The van der Waals surface area contributed by atoms with Gasteiger partial charge in [-0.15, -0.1) is 10.2 Å². The summed E-state index contributed by atoms with van der Waals surface area (Å²) in [6, 6.07) is 5.49. The number of rotatable bonds is 4. The Morgan fingerprint density at radius 3 is 2.95 bits per heavy atom. The van der Waals surface area contributed by atoms with Crippen molar-refractivity contribution in [2.75, 3.05) is 6.61 Å². The van der Waals surface area contributed by atoms with Gasteiger partial charge in [0.25, 0.3) is 0 Å². The number of hydrogen-bond acceptors (Lipinski definition) is 6. The van der Waals surface area contributed by atoms with Crippen molar-refractivity contribution in [3.63, 3.8) is 0 Å². The largest absolute Gasteiger partial charge is 0.384 e. The Hall–Kier alpha value is -2.28. The Balaban J connectivity index is 2.23. The molecule has 0 aliphatic heterocycles. The number of aromatic amines is 1. The summed E-state index contributed by atoms with van der Waals surface area (Å²) in [7, 11) is -3.74. The molecule has 8 nitrogen and oxygen atoms in total. The zero-order chi connectivity index (χ0) is 15.3. The van der Waals surface area contributed by atoms with Gasteiger partial charge in [-0.2, -0.15) is 5.21 Å². The smallest absolute Gasteiger partial charge is 0.241 e. The summed E-state index contributed by atoms with van der Waals surface area (Å²) < 4.78 is 27.0. The Morgan fingerprint density at radius 1 is 1.48 bits per heavy atom. The average molecular weight is 307 g/mol. The number of aliphatic hydroxyl groups is 1. The van der Waals surface area contributed by atoms with E-state index < -0.39 is 16.1 Å². The van der Waals surface area contributed by atoms with Crippen LogP contribution in [0.3, 0.4) is 0 Å². The van der Waals surface area contributed by atoms with Crippen molar-refractivity contribution < 1.29 is 13.5 Å². The first kappa shape index (κ1) is 15.1. The number of nitrogens with zero attached hydrogens (tertiary/aromatic N) is 3. The van der Waals surface area contributed by atoms with Gasteiger partial charge in [0.1, 0.15) is 6.61 Å². The van der Waals surface area contributed by atoms with Crippen LogP contribution in [0.15, 0.2) is 29.2 Å². The van der Waals surface area contributed by atoms with Crippen molar-refractivity contribution in [2.24, 2.45) is 0 Å². The van der Waals surface area contributed by atoms with Crippen molar-refractivity contribution in [1.82, 2.24) is 25.3 Å². The highest BCUT2D eigenvalue weighted by Gasteiger charge is 2.20. The fourth-order valence-electron chi connectivity index (χ4n) is 1.59. The third kappa shape index (κ3) is 3.85. The molecule has 0 spiro atoms. The number of sulfonamides is 1. The van der Waals surface area contributed by atoms with E-state index >= 15 is 0 Å². The molecule has 2 aromatic rings. The molecule has 1 unspecified atom stereocenters. The van der Waals surface area contributed by atoms with Crippen LogP contribution >= 0.6 is 0 Å². The number of benzene rings is 1. The summed E-state index contributed by atoms with van der Waals surface area (Å²) in [6.07, 6.45) is 0. The molecular formula is C12H13N5O3S. The van der Waals surface area contributed by atoms with Gasteiger partial charge in [-0.1, -0.05) is 23.1 Å². The van der Waals surface area contributed by atoms with Crippen LogP contribution in [0.1, 0.15) is 24.4 Å². The Kier molecular flexibility index (Phi) is 4.64. The van der Waals surface area contributed by atoms with Crippen LogP contribution in [0.25, 0.3) is 0 Å². The minimum Gasteiger partial charge on any atom is -0.384 e. The van der Waals surface area contributed by atoms with E-state index in [0.29, 0.717) is 5.56 Å². The lowest BCUT2D eigenvalue weighted by Gasteiger charge is -2.11. The highest BCUT2D eigenvalue weighted by atomic mass is 32.2. The lowest BCUT2D eigenvalue weighted by atomic mass is 10.2. The van der Waals surface area contributed by atoms with Gasteiger partial charge in [0.2, 0.25) is 10.0 Å². The van der Waals surface area contributed by atoms with E-state index in [4.69, 9.17) is 5.11 Å². The molecule has 0 radical (unpaired) electrons. The van der Waals surface area contributed by atoms with Crippen molar-refractivity contribution >= 4 is 10.0 Å². The van der Waals surface area contributed by atoms with Crippen molar-refractivity contribution in [2.45, 2.75) is 17.9 Å². The zero-order valence-corrected chi connectivity index (χ0v) is 11.9. The lowest BCUT2D eigenvalue weighted by Crippen LogP contribution is -2.27. The molecule has 0 saturated carbocycles. The van der Waals surface area contributed by atoms with Gasteiger partial charge in [-0.05, 0) is 25.1 Å². The van der Waals surface area contributed by atoms with Crippen LogP contribution in [-0.4, -0.2) is 40.8 Å². The van der Waals surface area contributed by atoms with Crippen LogP contribution in [0.5, 0.6) is 0 Å². The topological polar surface area (TPSA) is 121 Å². The van der Waals surface area contributed by atoms with Crippen LogP contribution in [-0.2, 0) is 10.0 Å². The molecule has 1 aromatic carbocycles. The third-order valence-corrected chi connectivity index (χ3v) is 4.08. The molecule has 0 aliphatic rings. The maximum atomic E-state index is 12.3. The monoisotopic (exact) mass is 307 g/mol. The van der Waals surface area contributed by atoms with Gasteiger partial charge in [-0.3, -0.25) is 0 Å². The first-order valence-corrected chi connectivity index (χ1v) is 7.47. The summed E-state index contributed by atoms with van der Waals surface area (Å²) in [5, 5.41) is 21.8. The van der Waals surface area contributed by atoms with E-state index in [2.05, 4.69) is 37.2 Å². The molecule has 9 heteroatoms. The summed E-state index contributed by atoms with van der Waals surface area (Å²) in [6.45, 7) is 1.32. The van der Waals surface area contributed by atoms with Gasteiger partial charge < -0.3 is 5.11 Å². The zero-order valence-electron chi connectivity index (χ0n) is 11.1. The Bertz CT molecular complexity index is 762. The molecule has 21 heavy (non-hydrogen) atoms. The predicted molar refractivity (Wildman–Crippen MR) is 73.3 cm³/mol. The van der Waals surface area contributed by atoms with Gasteiger partial charge >= 0.3 is 0 Å². The molecule has 1 aromatic heterocycles. The van der Waals surface area contributed by atoms with Gasteiger partial charge in [0.15, 0.2) is 5.82 Å². The SMILES string of the molecule is CC(NS(=O)(=O)c1cccc(C#CCO)c1)c1nn[nH]n1. The summed E-state index contributed by atoms with van der Waals surface area (Å²) in [5.74, 6) is 5.37. The second kappa shape index (κ2) is 6.45. The Morgan fingerprint density at radius 2 is 2.29 bits per heavy atom. The molecule has 1 heterocycles. The number of tetrazole rings is 1. The number of aliphatic hydroxyl groups excluding tert-OH is 1. The fourth-order valence-corrected chi connectivity index (χ4v) is 2.84. The number of nitrogens with one attached hydrogen (secondary N) is 2. The first-order valence-electron chi connectivity index (χ1n) is 5.98. The summed E-state index contributed by atoms with van der Waals surface area (Å²) >= 11 is 0. The third-order valence-electron chi connectivity index (χ3n) is 2.54. The molecule has 0 saturated heterocycles. The van der Waals surface area contributed by atoms with Crippen LogP contribution in [0, 0.1) is 11.8 Å². The summed E-state index contributed by atoms with van der Waals surface area (Å²) in [4.78, 5) is 0.0718. The van der Waals surface area contributed by atoms with E-state index in [-0.39, 0.29) is 17.3 Å². The molecule has 3 N–H and O–H groups in total. The molecule has 110 valence electrons. The average Bonchev–Trinajstić information content (AvgIpc) is 2.99. The van der Waals surface area contributed by atoms with Gasteiger partial charge in [-0.25, -0.2) is 13.1 Å². The predicted octanol–water partition coefficient (Wildman–Crippen LogP) is -0.417. The highest BCUT2D eigenvalue weighted by molar-refractivity contribution is 7.89. The maximum absolute atomic E-state index is 12.3. The number of aromatic nitrogens is 4. The van der Waals surface area contributed by atoms with E-state index in [9.17, 15) is 8.42 Å². The van der Waals surface area contributed by atoms with Crippen molar-refractivity contribution in [3.05, 3.63) is 35.7 Å². The van der Waals surface area contributed by atoms with Crippen LogP contribution in [0.2, 0.25) is 0 Å². The van der Waals surface area contributed by atoms with Crippen LogP contribution < -0.4 is 4.72 Å². The van der Waals surface area contributed by atoms with Gasteiger partial charge in [0.05, 0.1) is 10.9 Å². The normalized spacial score (nSPS) is 12.5.